The number of ether oxygens (including phenoxy) is 1. The molecule has 3 N–H and O–H groups in total. The summed E-state index contributed by atoms with van der Waals surface area (Å²) in [5.41, 5.74) is -6.30. The molecule has 1 saturated heterocycles. The molecule has 0 spiro atoms. The Morgan fingerprint density at radius 3 is 2.47 bits per heavy atom. The third kappa shape index (κ3) is 9.26. The third-order valence-electron chi connectivity index (χ3n) is 7.95. The smallest absolute Gasteiger partial charge is 0.380 e. The number of thioether (sulfide) groups is 1. The fourth-order valence-corrected chi connectivity index (χ4v) is 8.52. The van der Waals surface area contributed by atoms with Crippen LogP contribution in [0.3, 0.4) is 0 Å². The summed E-state index contributed by atoms with van der Waals surface area (Å²) in [7, 11) is -11.1. The molecular formula is C29H34F6N6O5S3. The first-order chi connectivity index (χ1) is 23.0. The summed E-state index contributed by atoms with van der Waals surface area (Å²) >= 11 is 1.45. The van der Waals surface area contributed by atoms with E-state index in [9.17, 15) is 43.2 Å². The van der Waals surface area contributed by atoms with Crippen molar-refractivity contribution >= 4 is 43.1 Å². The Hall–Kier alpha value is -2.91. The molecule has 1 aromatic carbocycles. The average Bonchev–Trinajstić information content (AvgIpc) is 3.05. The van der Waals surface area contributed by atoms with Crippen LogP contribution in [0.15, 0.2) is 51.1 Å². The van der Waals surface area contributed by atoms with Gasteiger partial charge in [-0.25, -0.2) is 26.8 Å². The Balaban J connectivity index is 1.49. The van der Waals surface area contributed by atoms with Crippen LogP contribution in [0.4, 0.5) is 37.8 Å². The normalized spacial score (nSPS) is 18.4. The quantitative estimate of drug-likeness (QED) is 0.260. The van der Waals surface area contributed by atoms with E-state index < -0.39 is 64.7 Å². The Labute approximate surface area is 283 Å². The molecule has 20 heteroatoms. The summed E-state index contributed by atoms with van der Waals surface area (Å²) in [6, 6.07) is 1.61. The molecule has 1 aliphatic carbocycles. The number of hydrogen-bond donors (Lipinski definition) is 3. The van der Waals surface area contributed by atoms with Crippen molar-refractivity contribution in [2.24, 2.45) is 0 Å². The second kappa shape index (κ2) is 15.1. The van der Waals surface area contributed by atoms with Crippen molar-refractivity contribution in [3.63, 3.8) is 0 Å². The van der Waals surface area contributed by atoms with Crippen LogP contribution >= 0.6 is 11.8 Å². The molecule has 0 radical (unpaired) electrons. The molecule has 49 heavy (non-hydrogen) atoms. The molecule has 3 heterocycles. The number of nitrogens with zero attached hydrogens (tertiary/aromatic N) is 3. The van der Waals surface area contributed by atoms with Crippen LogP contribution in [-0.2, 0) is 43.7 Å². The van der Waals surface area contributed by atoms with Crippen molar-refractivity contribution < 1.29 is 47.9 Å². The molecular weight excluding hydrogens is 723 g/mol. The summed E-state index contributed by atoms with van der Waals surface area (Å²) in [6.45, 7) is 3.04. The molecule has 270 valence electrons. The van der Waals surface area contributed by atoms with Crippen molar-refractivity contribution in [3.8, 4) is 0 Å². The van der Waals surface area contributed by atoms with Crippen LogP contribution in [0.1, 0.15) is 36.3 Å². The number of benzene rings is 1. The lowest BCUT2D eigenvalue weighted by Crippen LogP contribution is -2.39. The second-order valence-electron chi connectivity index (χ2n) is 11.4. The zero-order valence-corrected chi connectivity index (χ0v) is 28.4. The minimum Gasteiger partial charge on any atom is -0.380 e. The SMILES string of the molecule is O=S(=O)(Nc1nc(C(F)(F)F)nc2c1CCNC2)c1ccc(NC(CCN2CCOCC2)CSC2=CCCC=C2)c(S(=O)(=O)C(F)(F)F)c1. The lowest BCUT2D eigenvalue weighted by molar-refractivity contribution is -0.145. The predicted octanol–water partition coefficient (Wildman–Crippen LogP) is 4.71. The number of sulfonamides is 1. The molecule has 1 unspecified atom stereocenters. The largest absolute Gasteiger partial charge is 0.501 e. The van der Waals surface area contributed by atoms with Crippen molar-refractivity contribution in [2.45, 2.75) is 59.7 Å². The van der Waals surface area contributed by atoms with E-state index in [2.05, 4.69) is 25.5 Å². The van der Waals surface area contributed by atoms with E-state index in [-0.39, 0.29) is 30.8 Å². The van der Waals surface area contributed by atoms with Gasteiger partial charge in [0.05, 0.1) is 29.5 Å². The maximum Gasteiger partial charge on any atom is 0.501 e. The molecule has 1 aromatic heterocycles. The molecule has 3 aliphatic rings. The lowest BCUT2D eigenvalue weighted by atomic mass is 10.1. The van der Waals surface area contributed by atoms with E-state index in [4.69, 9.17) is 4.74 Å². The minimum absolute atomic E-state index is 0.0540. The Kier molecular flexibility index (Phi) is 11.5. The minimum atomic E-state index is -6.11. The van der Waals surface area contributed by atoms with Gasteiger partial charge in [0.25, 0.3) is 19.9 Å². The first-order valence-electron chi connectivity index (χ1n) is 15.3. The molecule has 11 nitrogen and oxygen atoms in total. The Morgan fingerprint density at radius 1 is 1.04 bits per heavy atom. The number of morpholine rings is 1. The summed E-state index contributed by atoms with van der Waals surface area (Å²) in [5.74, 6) is -1.97. The van der Waals surface area contributed by atoms with E-state index >= 15 is 0 Å². The van der Waals surface area contributed by atoms with Crippen molar-refractivity contribution in [2.75, 3.05) is 55.2 Å². The molecule has 0 amide bonds. The van der Waals surface area contributed by atoms with Crippen molar-refractivity contribution in [1.82, 2.24) is 20.2 Å². The van der Waals surface area contributed by atoms with Crippen LogP contribution < -0.4 is 15.4 Å². The highest BCUT2D eigenvalue weighted by Crippen LogP contribution is 2.38. The molecule has 1 fully saturated rings. The number of halogens is 6. The molecule has 0 bridgehead atoms. The van der Waals surface area contributed by atoms with Gasteiger partial charge in [-0.3, -0.25) is 9.62 Å². The highest BCUT2D eigenvalue weighted by Gasteiger charge is 2.48. The van der Waals surface area contributed by atoms with Gasteiger partial charge >= 0.3 is 11.7 Å². The molecule has 0 saturated carbocycles. The van der Waals surface area contributed by atoms with Gasteiger partial charge in [0.15, 0.2) is 0 Å². The number of anilines is 2. The highest BCUT2D eigenvalue weighted by molar-refractivity contribution is 8.03. The molecule has 1 atom stereocenters. The summed E-state index contributed by atoms with van der Waals surface area (Å²) in [6.07, 6.45) is 3.10. The number of allylic oxidation sites excluding steroid dienone is 3. The molecule has 5 rings (SSSR count). The van der Waals surface area contributed by atoms with Gasteiger partial charge in [0.2, 0.25) is 5.82 Å². The number of fused-ring (bicyclic) bond motifs is 1. The number of rotatable bonds is 12. The van der Waals surface area contributed by atoms with E-state index in [1.54, 1.807) is 0 Å². The standard InChI is InChI=1S/C29H34F6N6O5S3/c30-28(31,32)27-38-24-17-36-10-8-22(24)26(39-27)40-49(44,45)21-6-7-23(25(16-21)48(42,43)29(33,34)35)37-19(9-11-41-12-14-46-15-13-41)18-47-20-4-2-1-3-5-20/h2,4-7,16,19,36-37H,1,3,8-15,17-18H2,(H,38,39,40). The summed E-state index contributed by atoms with van der Waals surface area (Å²) < 4.78 is 143. The first-order valence-corrected chi connectivity index (χ1v) is 19.2. The van der Waals surface area contributed by atoms with Crippen LogP contribution in [0.2, 0.25) is 0 Å². The number of hydrogen-bond acceptors (Lipinski definition) is 11. The third-order valence-corrected chi connectivity index (χ3v) is 12.0. The van der Waals surface area contributed by atoms with Gasteiger partial charge in [-0.15, -0.1) is 11.8 Å². The van der Waals surface area contributed by atoms with Crippen LogP contribution in [0, 0.1) is 0 Å². The lowest BCUT2D eigenvalue weighted by Gasteiger charge is -2.29. The van der Waals surface area contributed by atoms with Gasteiger partial charge < -0.3 is 15.4 Å². The van der Waals surface area contributed by atoms with Crippen LogP contribution in [0.5, 0.6) is 0 Å². The summed E-state index contributed by atoms with van der Waals surface area (Å²) in [5, 5.41) is 5.75. The van der Waals surface area contributed by atoms with Gasteiger partial charge in [-0.2, -0.15) is 26.3 Å². The topological polar surface area (TPSA) is 143 Å². The first kappa shape index (κ1) is 37.3. The predicted molar refractivity (Wildman–Crippen MR) is 171 cm³/mol. The average molecular weight is 757 g/mol. The van der Waals surface area contributed by atoms with Crippen LogP contribution in [0.25, 0.3) is 0 Å². The van der Waals surface area contributed by atoms with Crippen molar-refractivity contribution in [3.05, 3.63) is 58.4 Å². The fourth-order valence-electron chi connectivity index (χ4n) is 5.37. The van der Waals surface area contributed by atoms with Gasteiger partial charge in [-0.1, -0.05) is 18.2 Å². The zero-order chi connectivity index (χ0) is 35.5. The van der Waals surface area contributed by atoms with Crippen LogP contribution in [-0.4, -0.2) is 88.4 Å². The molecule has 2 aliphatic heterocycles. The van der Waals surface area contributed by atoms with Gasteiger partial charge in [0.1, 0.15) is 10.7 Å². The second-order valence-corrected chi connectivity index (χ2v) is 16.1. The van der Waals surface area contributed by atoms with E-state index in [1.807, 2.05) is 23.0 Å². The number of alkyl halides is 6. The van der Waals surface area contributed by atoms with E-state index in [0.29, 0.717) is 51.1 Å². The monoisotopic (exact) mass is 756 g/mol. The van der Waals surface area contributed by atoms with Crippen molar-refractivity contribution in [1.29, 1.82) is 0 Å². The number of sulfone groups is 1. The summed E-state index contributed by atoms with van der Waals surface area (Å²) in [4.78, 5) is 7.66. The Bertz CT molecular complexity index is 1800. The van der Waals surface area contributed by atoms with E-state index in [0.717, 1.165) is 29.9 Å². The maximum absolute atomic E-state index is 14.0. The molecule has 2 aromatic rings. The van der Waals surface area contributed by atoms with Gasteiger partial charge in [0, 0.05) is 48.4 Å². The Morgan fingerprint density at radius 2 is 1.80 bits per heavy atom. The van der Waals surface area contributed by atoms with Gasteiger partial charge in [-0.05, 0) is 50.4 Å². The zero-order valence-electron chi connectivity index (χ0n) is 25.9. The number of nitrogens with one attached hydrogen (secondary N) is 3. The van der Waals surface area contributed by atoms with E-state index in [1.165, 1.54) is 11.8 Å². The number of aromatic nitrogens is 2. The highest BCUT2D eigenvalue weighted by atomic mass is 32.2. The fraction of sp³-hybridized carbons (Fsp3) is 0.517. The maximum atomic E-state index is 14.0.